The highest BCUT2D eigenvalue weighted by molar-refractivity contribution is 5.71. The number of fused-ring (bicyclic) bond motifs is 1. The van der Waals surface area contributed by atoms with E-state index in [2.05, 4.69) is 23.7 Å². The molecule has 2 atom stereocenters. The predicted octanol–water partition coefficient (Wildman–Crippen LogP) is 3.48. The van der Waals surface area contributed by atoms with E-state index >= 15 is 0 Å². The van der Waals surface area contributed by atoms with Crippen molar-refractivity contribution < 1.29 is 19.0 Å². The Morgan fingerprint density at radius 3 is 2.64 bits per heavy atom. The number of hydrogen-bond acceptors (Lipinski definition) is 4. The van der Waals surface area contributed by atoms with E-state index < -0.39 is 6.10 Å². The molecule has 0 aliphatic carbocycles. The minimum absolute atomic E-state index is 0.0814. The monoisotopic (exact) mass is 386 g/mol. The van der Waals surface area contributed by atoms with Crippen molar-refractivity contribution in [2.75, 3.05) is 0 Å². The standard InChI is InChI=1S/C22H27FN2O3/c1-13(2)21-18-11-24-12-19(18)22(14-3-5-15(23)6-4-14)25(21)8-7-17-9-16(26)10-20(27)28-17/h3-6,13,16-17,24,26H,7-12H2,1-2H3/t16-,17-/m0/s1. The molecule has 2 N–H and O–H groups in total. The molecule has 150 valence electrons. The van der Waals surface area contributed by atoms with Crippen LogP contribution in [0.2, 0.25) is 0 Å². The zero-order valence-electron chi connectivity index (χ0n) is 16.4. The Labute approximate surface area is 164 Å². The van der Waals surface area contributed by atoms with Gasteiger partial charge in [0.1, 0.15) is 11.9 Å². The van der Waals surface area contributed by atoms with E-state index in [4.69, 9.17) is 4.74 Å². The number of esters is 1. The lowest BCUT2D eigenvalue weighted by molar-refractivity contribution is -0.160. The fourth-order valence-electron chi connectivity index (χ4n) is 4.59. The number of cyclic esters (lactones) is 1. The van der Waals surface area contributed by atoms with Crippen LogP contribution in [0, 0.1) is 5.82 Å². The molecule has 4 rings (SSSR count). The molecule has 3 heterocycles. The molecule has 2 aliphatic heterocycles. The number of aromatic nitrogens is 1. The molecule has 0 spiro atoms. The summed E-state index contributed by atoms with van der Waals surface area (Å²) in [5.74, 6) is -0.239. The smallest absolute Gasteiger partial charge is 0.308 e. The lowest BCUT2D eigenvalue weighted by Crippen LogP contribution is -2.33. The first-order valence-corrected chi connectivity index (χ1v) is 10.0. The van der Waals surface area contributed by atoms with Crippen LogP contribution in [0.4, 0.5) is 4.39 Å². The first-order chi connectivity index (χ1) is 13.4. The maximum atomic E-state index is 13.5. The summed E-state index contributed by atoms with van der Waals surface area (Å²) in [5.41, 5.74) is 5.99. The van der Waals surface area contributed by atoms with Gasteiger partial charge in [-0.2, -0.15) is 0 Å². The lowest BCUT2D eigenvalue weighted by atomic mass is 10.0. The van der Waals surface area contributed by atoms with Gasteiger partial charge in [-0.15, -0.1) is 0 Å². The molecular formula is C22H27FN2O3. The molecule has 1 saturated heterocycles. The third kappa shape index (κ3) is 3.59. The zero-order valence-corrected chi connectivity index (χ0v) is 16.4. The number of benzene rings is 1. The summed E-state index contributed by atoms with van der Waals surface area (Å²) in [7, 11) is 0. The summed E-state index contributed by atoms with van der Waals surface area (Å²) in [6, 6.07) is 6.65. The summed E-state index contributed by atoms with van der Waals surface area (Å²) in [5, 5.41) is 13.3. The van der Waals surface area contributed by atoms with Crippen molar-refractivity contribution in [1.82, 2.24) is 9.88 Å². The molecule has 5 nitrogen and oxygen atoms in total. The average Bonchev–Trinajstić information content (AvgIpc) is 3.19. The van der Waals surface area contributed by atoms with Gasteiger partial charge >= 0.3 is 5.97 Å². The van der Waals surface area contributed by atoms with Gasteiger partial charge in [-0.05, 0) is 46.9 Å². The van der Waals surface area contributed by atoms with Crippen molar-refractivity contribution in [3.8, 4) is 11.3 Å². The number of carbonyl (C=O) groups is 1. The van der Waals surface area contributed by atoms with Crippen LogP contribution in [0.15, 0.2) is 24.3 Å². The van der Waals surface area contributed by atoms with Gasteiger partial charge < -0.3 is 19.7 Å². The van der Waals surface area contributed by atoms with E-state index in [0.29, 0.717) is 25.3 Å². The summed E-state index contributed by atoms with van der Waals surface area (Å²) >= 11 is 0. The van der Waals surface area contributed by atoms with Crippen LogP contribution in [0.3, 0.4) is 0 Å². The van der Waals surface area contributed by atoms with Gasteiger partial charge in [0.15, 0.2) is 0 Å². The molecule has 6 heteroatoms. The number of aliphatic hydroxyl groups excluding tert-OH is 1. The molecule has 1 aromatic heterocycles. The Hall–Kier alpha value is -2.18. The van der Waals surface area contributed by atoms with Crippen LogP contribution < -0.4 is 5.32 Å². The van der Waals surface area contributed by atoms with Crippen molar-refractivity contribution in [1.29, 1.82) is 0 Å². The van der Waals surface area contributed by atoms with Crippen LogP contribution in [0.5, 0.6) is 0 Å². The van der Waals surface area contributed by atoms with E-state index in [1.54, 1.807) is 0 Å². The Kier molecular flexibility index (Phi) is 5.25. The fraction of sp³-hybridized carbons (Fsp3) is 0.500. The van der Waals surface area contributed by atoms with Crippen LogP contribution in [-0.2, 0) is 29.2 Å². The fourth-order valence-corrected chi connectivity index (χ4v) is 4.59. The third-order valence-electron chi connectivity index (χ3n) is 5.70. The van der Waals surface area contributed by atoms with Crippen LogP contribution in [-0.4, -0.2) is 27.9 Å². The van der Waals surface area contributed by atoms with Gasteiger partial charge in [-0.3, -0.25) is 4.79 Å². The number of halogens is 1. The van der Waals surface area contributed by atoms with Crippen LogP contribution in [0.25, 0.3) is 11.3 Å². The van der Waals surface area contributed by atoms with Crippen LogP contribution >= 0.6 is 0 Å². The van der Waals surface area contributed by atoms with E-state index in [9.17, 15) is 14.3 Å². The molecule has 0 unspecified atom stereocenters. The highest BCUT2D eigenvalue weighted by Gasteiger charge is 2.30. The predicted molar refractivity (Wildman–Crippen MR) is 104 cm³/mol. The van der Waals surface area contributed by atoms with Crippen molar-refractivity contribution in [2.45, 2.75) is 70.9 Å². The van der Waals surface area contributed by atoms with Gasteiger partial charge in [0.05, 0.1) is 18.2 Å². The first kappa shape index (κ1) is 19.2. The maximum absolute atomic E-state index is 13.5. The van der Waals surface area contributed by atoms with Crippen molar-refractivity contribution >= 4 is 5.97 Å². The second kappa shape index (κ2) is 7.68. The lowest BCUT2D eigenvalue weighted by Gasteiger charge is -2.27. The van der Waals surface area contributed by atoms with Gasteiger partial charge in [-0.1, -0.05) is 13.8 Å². The largest absolute Gasteiger partial charge is 0.462 e. The van der Waals surface area contributed by atoms with Gasteiger partial charge in [0.2, 0.25) is 0 Å². The summed E-state index contributed by atoms with van der Waals surface area (Å²) in [4.78, 5) is 11.7. The molecule has 2 aliphatic rings. The topological polar surface area (TPSA) is 63.5 Å². The van der Waals surface area contributed by atoms with E-state index in [0.717, 1.165) is 24.3 Å². The highest BCUT2D eigenvalue weighted by atomic mass is 19.1. The average molecular weight is 386 g/mol. The number of ether oxygens (including phenoxy) is 1. The third-order valence-corrected chi connectivity index (χ3v) is 5.70. The van der Waals surface area contributed by atoms with Crippen molar-refractivity contribution in [3.05, 3.63) is 46.9 Å². The summed E-state index contributed by atoms with van der Waals surface area (Å²) in [6.45, 7) is 6.69. The molecule has 0 amide bonds. The first-order valence-electron chi connectivity index (χ1n) is 10.0. The maximum Gasteiger partial charge on any atom is 0.308 e. The number of rotatable bonds is 5. The Morgan fingerprint density at radius 2 is 1.96 bits per heavy atom. The number of nitrogens with zero attached hydrogens (tertiary/aromatic N) is 1. The normalized spacial score (nSPS) is 21.8. The number of hydrogen-bond donors (Lipinski definition) is 2. The van der Waals surface area contributed by atoms with Gasteiger partial charge in [0, 0.05) is 38.2 Å². The Morgan fingerprint density at radius 1 is 1.25 bits per heavy atom. The number of carbonyl (C=O) groups excluding carboxylic acids is 1. The molecule has 0 saturated carbocycles. The highest BCUT2D eigenvalue weighted by Crippen LogP contribution is 2.38. The molecule has 1 fully saturated rings. The molecule has 2 aromatic rings. The molecule has 0 radical (unpaired) electrons. The molecule has 0 bridgehead atoms. The van der Waals surface area contributed by atoms with E-state index in [1.807, 2.05) is 12.1 Å². The quantitative estimate of drug-likeness (QED) is 0.773. The van der Waals surface area contributed by atoms with E-state index in [-0.39, 0.29) is 24.3 Å². The van der Waals surface area contributed by atoms with Crippen molar-refractivity contribution in [3.63, 3.8) is 0 Å². The summed E-state index contributed by atoms with van der Waals surface area (Å²) in [6.07, 6.45) is 0.325. The zero-order chi connectivity index (χ0) is 19.8. The molecule has 28 heavy (non-hydrogen) atoms. The van der Waals surface area contributed by atoms with Gasteiger partial charge in [0.25, 0.3) is 0 Å². The van der Waals surface area contributed by atoms with Crippen LogP contribution in [0.1, 0.15) is 55.8 Å². The minimum atomic E-state index is -0.619. The second-order valence-corrected chi connectivity index (χ2v) is 8.10. The number of aliphatic hydroxyl groups is 1. The van der Waals surface area contributed by atoms with E-state index in [1.165, 1.54) is 29.0 Å². The Bertz CT molecular complexity index is 873. The SMILES string of the molecule is CC(C)c1c2c(c(-c3ccc(F)cc3)n1CC[C@H]1C[C@H](O)CC(=O)O1)CNC2. The second-order valence-electron chi connectivity index (χ2n) is 8.10. The molecule has 1 aromatic carbocycles. The van der Waals surface area contributed by atoms with Crippen molar-refractivity contribution in [2.24, 2.45) is 0 Å². The number of nitrogens with one attached hydrogen (secondary N) is 1. The molecular weight excluding hydrogens is 359 g/mol. The minimum Gasteiger partial charge on any atom is -0.462 e. The van der Waals surface area contributed by atoms with Gasteiger partial charge in [-0.25, -0.2) is 4.39 Å². The Balaban J connectivity index is 1.70. The summed E-state index contributed by atoms with van der Waals surface area (Å²) < 4.78 is 21.2.